The molecule has 76 valence electrons. The van der Waals surface area contributed by atoms with Crippen LogP contribution in [0.3, 0.4) is 0 Å². The Kier molecular flexibility index (Phi) is 1.84. The van der Waals surface area contributed by atoms with Gasteiger partial charge in [0.1, 0.15) is 0 Å². The number of allylic oxidation sites excluding steroid dienone is 2. The minimum Gasteiger partial charge on any atom is -0.371 e. The first-order valence-electron chi connectivity index (χ1n) is 5.48. The summed E-state index contributed by atoms with van der Waals surface area (Å²) in [5.41, 5.74) is 2.67. The molecule has 0 spiro atoms. The van der Waals surface area contributed by atoms with E-state index < -0.39 is 5.06 Å². The van der Waals surface area contributed by atoms with Crippen molar-refractivity contribution in [3.8, 4) is 0 Å². The Balaban J connectivity index is 1.89. The quantitative estimate of drug-likeness (QED) is 0.695. The normalized spacial score (nSPS) is 37.9. The minimum atomic E-state index is -1.09. The van der Waals surface area contributed by atoms with Gasteiger partial charge >= 0.3 is 0 Å². The van der Waals surface area contributed by atoms with Crippen molar-refractivity contribution in [3.05, 3.63) is 23.3 Å². The van der Waals surface area contributed by atoms with E-state index in [9.17, 15) is 5.11 Å². The van der Waals surface area contributed by atoms with Gasteiger partial charge in [0.15, 0.2) is 5.06 Å². The average molecular weight is 211 g/mol. The van der Waals surface area contributed by atoms with Gasteiger partial charge in [-0.2, -0.15) is 0 Å². The molecule has 14 heavy (non-hydrogen) atoms. The van der Waals surface area contributed by atoms with Gasteiger partial charge in [0, 0.05) is 6.42 Å². The van der Waals surface area contributed by atoms with Crippen LogP contribution in [0.25, 0.3) is 0 Å². The maximum absolute atomic E-state index is 9.92. The summed E-state index contributed by atoms with van der Waals surface area (Å²) in [6.45, 7) is 0. The van der Waals surface area contributed by atoms with Crippen molar-refractivity contribution in [2.75, 3.05) is 0 Å². The zero-order chi connectivity index (χ0) is 9.76. The summed E-state index contributed by atoms with van der Waals surface area (Å²) in [4.78, 5) is 0. The molecule has 1 N–H and O–H groups in total. The summed E-state index contributed by atoms with van der Waals surface area (Å²) in [5.74, 6) is 1.41. The van der Waals surface area contributed by atoms with E-state index in [0.717, 1.165) is 5.92 Å². The third kappa shape index (κ3) is 1.76. The topological polar surface area (TPSA) is 20.2 Å². The summed E-state index contributed by atoms with van der Waals surface area (Å²) >= 11 is 6.04. The number of alkyl halides is 1. The third-order valence-electron chi connectivity index (χ3n) is 3.34. The maximum atomic E-state index is 9.92. The molecule has 0 aromatic rings. The first kappa shape index (κ1) is 8.99. The Labute approximate surface area is 89.5 Å². The van der Waals surface area contributed by atoms with Gasteiger partial charge in [0.2, 0.25) is 0 Å². The number of hydrogen-bond acceptors (Lipinski definition) is 1. The molecule has 2 saturated carbocycles. The highest BCUT2D eigenvalue weighted by Crippen LogP contribution is 2.48. The molecule has 3 aliphatic carbocycles. The first-order valence-corrected chi connectivity index (χ1v) is 5.86. The van der Waals surface area contributed by atoms with Crippen LogP contribution in [0.15, 0.2) is 23.3 Å². The van der Waals surface area contributed by atoms with Crippen LogP contribution in [0.5, 0.6) is 0 Å². The standard InChI is InChI=1S/C12H15ClO/c13-12(14)6-10(8-1-2-8)5-11(7-12)9-3-4-9/h5-6,8-9,14H,1-4,7H2. The number of aliphatic hydroxyl groups is 1. The molecule has 0 amide bonds. The molecule has 0 heterocycles. The molecule has 1 atom stereocenters. The van der Waals surface area contributed by atoms with Crippen molar-refractivity contribution in [2.24, 2.45) is 11.8 Å². The lowest BCUT2D eigenvalue weighted by Gasteiger charge is -2.24. The van der Waals surface area contributed by atoms with Gasteiger partial charge in [0.05, 0.1) is 0 Å². The molecule has 1 nitrogen and oxygen atoms in total. The fraction of sp³-hybridized carbons (Fsp3) is 0.667. The zero-order valence-corrected chi connectivity index (χ0v) is 8.93. The predicted octanol–water partition coefficient (Wildman–Crippen LogP) is 2.99. The van der Waals surface area contributed by atoms with E-state index in [2.05, 4.69) is 6.08 Å². The summed E-state index contributed by atoms with van der Waals surface area (Å²) in [5, 5.41) is 8.82. The van der Waals surface area contributed by atoms with Crippen molar-refractivity contribution in [2.45, 2.75) is 37.2 Å². The molecule has 1 unspecified atom stereocenters. The number of rotatable bonds is 2. The molecule has 0 aliphatic heterocycles. The highest BCUT2D eigenvalue weighted by molar-refractivity contribution is 6.24. The van der Waals surface area contributed by atoms with Crippen molar-refractivity contribution in [1.29, 1.82) is 0 Å². The molecule has 0 bridgehead atoms. The van der Waals surface area contributed by atoms with Gasteiger partial charge in [-0.25, -0.2) is 0 Å². The van der Waals surface area contributed by atoms with Crippen LogP contribution in [0.1, 0.15) is 32.1 Å². The second kappa shape index (κ2) is 2.86. The van der Waals surface area contributed by atoms with Crippen LogP contribution in [0.4, 0.5) is 0 Å². The van der Waals surface area contributed by atoms with Crippen molar-refractivity contribution >= 4 is 11.6 Å². The Hall–Kier alpha value is -0.270. The molecule has 2 heteroatoms. The van der Waals surface area contributed by atoms with Crippen LogP contribution in [0.2, 0.25) is 0 Å². The van der Waals surface area contributed by atoms with Gasteiger partial charge in [-0.3, -0.25) is 0 Å². The largest absolute Gasteiger partial charge is 0.371 e. The molecular weight excluding hydrogens is 196 g/mol. The maximum Gasteiger partial charge on any atom is 0.161 e. The van der Waals surface area contributed by atoms with Crippen LogP contribution < -0.4 is 0 Å². The highest BCUT2D eigenvalue weighted by Gasteiger charge is 2.37. The van der Waals surface area contributed by atoms with E-state index in [-0.39, 0.29) is 0 Å². The molecule has 3 aliphatic rings. The van der Waals surface area contributed by atoms with Crippen molar-refractivity contribution in [1.82, 2.24) is 0 Å². The van der Waals surface area contributed by atoms with Crippen LogP contribution >= 0.6 is 11.6 Å². The lowest BCUT2D eigenvalue weighted by molar-refractivity contribution is 0.175. The molecule has 0 radical (unpaired) electrons. The van der Waals surface area contributed by atoms with Gasteiger partial charge < -0.3 is 5.11 Å². The summed E-state index contributed by atoms with van der Waals surface area (Å²) < 4.78 is 0. The smallest absolute Gasteiger partial charge is 0.161 e. The molecule has 0 aromatic heterocycles. The first-order chi connectivity index (χ1) is 6.64. The second-order valence-corrected chi connectivity index (χ2v) is 5.56. The van der Waals surface area contributed by atoms with Crippen LogP contribution in [0, 0.1) is 11.8 Å². The lowest BCUT2D eigenvalue weighted by atomic mass is 9.92. The number of hydrogen-bond donors (Lipinski definition) is 1. The van der Waals surface area contributed by atoms with E-state index in [1.165, 1.54) is 36.8 Å². The van der Waals surface area contributed by atoms with Crippen LogP contribution in [-0.2, 0) is 0 Å². The van der Waals surface area contributed by atoms with E-state index in [1.54, 1.807) is 0 Å². The van der Waals surface area contributed by atoms with Crippen molar-refractivity contribution in [3.63, 3.8) is 0 Å². The molecule has 0 aromatic carbocycles. The fourth-order valence-corrected chi connectivity index (χ4v) is 2.55. The molecule has 2 fully saturated rings. The Morgan fingerprint density at radius 2 is 1.86 bits per heavy atom. The Morgan fingerprint density at radius 3 is 2.43 bits per heavy atom. The van der Waals surface area contributed by atoms with Gasteiger partial charge in [-0.1, -0.05) is 23.3 Å². The van der Waals surface area contributed by atoms with E-state index in [1.807, 2.05) is 6.08 Å². The summed E-state index contributed by atoms with van der Waals surface area (Å²) in [7, 11) is 0. The zero-order valence-electron chi connectivity index (χ0n) is 8.17. The summed E-state index contributed by atoms with van der Waals surface area (Å²) in [6.07, 6.45) is 9.91. The molecular formula is C12H15ClO. The molecule has 0 saturated heterocycles. The van der Waals surface area contributed by atoms with E-state index in [0.29, 0.717) is 12.3 Å². The Morgan fingerprint density at radius 1 is 1.21 bits per heavy atom. The van der Waals surface area contributed by atoms with E-state index >= 15 is 0 Å². The highest BCUT2D eigenvalue weighted by atomic mass is 35.5. The predicted molar refractivity (Wildman–Crippen MR) is 57.0 cm³/mol. The third-order valence-corrected chi connectivity index (χ3v) is 3.59. The molecule has 3 rings (SSSR count). The fourth-order valence-electron chi connectivity index (χ4n) is 2.27. The van der Waals surface area contributed by atoms with Crippen LogP contribution in [-0.4, -0.2) is 10.2 Å². The minimum absolute atomic E-state index is 0.634. The van der Waals surface area contributed by atoms with Gasteiger partial charge in [-0.15, -0.1) is 0 Å². The van der Waals surface area contributed by atoms with Gasteiger partial charge in [0.25, 0.3) is 0 Å². The average Bonchev–Trinajstić information content (AvgIpc) is 2.97. The number of halogens is 1. The summed E-state index contributed by atoms with van der Waals surface area (Å²) in [6, 6.07) is 0. The van der Waals surface area contributed by atoms with Crippen molar-refractivity contribution < 1.29 is 5.11 Å². The lowest BCUT2D eigenvalue weighted by Crippen LogP contribution is -2.22. The monoisotopic (exact) mass is 210 g/mol. The van der Waals surface area contributed by atoms with Gasteiger partial charge in [-0.05, 0) is 49.2 Å². The Bertz CT molecular complexity index is 319. The second-order valence-electron chi connectivity index (χ2n) is 4.91. The SMILES string of the molecule is OC1(Cl)C=C(C2CC2)C=C(C2CC2)C1. The van der Waals surface area contributed by atoms with E-state index in [4.69, 9.17) is 11.6 Å².